The normalized spacial score (nSPS) is 10.9. The number of aliphatic hydroxyl groups excluding tert-OH is 1. The molecule has 112 valence electrons. The molecule has 1 aromatic heterocycles. The molecule has 0 unspecified atom stereocenters. The first-order chi connectivity index (χ1) is 10.7. The molecular formula is C19H19NO2. The average Bonchev–Trinajstić information content (AvgIpc) is 2.93. The zero-order valence-corrected chi connectivity index (χ0v) is 12.8. The van der Waals surface area contributed by atoms with E-state index in [4.69, 9.17) is 4.52 Å². The lowest BCUT2D eigenvalue weighted by molar-refractivity contribution is 0.299. The monoisotopic (exact) mass is 293 g/mol. The van der Waals surface area contributed by atoms with Gasteiger partial charge in [-0.25, -0.2) is 0 Å². The first-order valence-electron chi connectivity index (χ1n) is 7.42. The quantitative estimate of drug-likeness (QED) is 0.785. The fraction of sp³-hybridized carbons (Fsp3) is 0.211. The number of hydrogen-bond acceptors (Lipinski definition) is 3. The Kier molecular flexibility index (Phi) is 4.07. The number of hydrogen-bond donors (Lipinski definition) is 1. The van der Waals surface area contributed by atoms with Crippen LogP contribution in [0, 0.1) is 13.8 Å². The van der Waals surface area contributed by atoms with Gasteiger partial charge in [-0.3, -0.25) is 0 Å². The van der Waals surface area contributed by atoms with Gasteiger partial charge in [0, 0.05) is 29.7 Å². The molecule has 0 atom stereocenters. The molecule has 0 fully saturated rings. The Morgan fingerprint density at radius 2 is 1.41 bits per heavy atom. The van der Waals surface area contributed by atoms with Crippen LogP contribution in [-0.2, 0) is 6.42 Å². The second kappa shape index (κ2) is 6.16. The Morgan fingerprint density at radius 1 is 0.864 bits per heavy atom. The number of benzene rings is 2. The predicted octanol–water partition coefficient (Wildman–Crippen LogP) is 4.16. The summed E-state index contributed by atoms with van der Waals surface area (Å²) < 4.78 is 5.60. The molecule has 3 heteroatoms. The van der Waals surface area contributed by atoms with E-state index in [0.29, 0.717) is 6.42 Å². The van der Waals surface area contributed by atoms with Gasteiger partial charge in [0.15, 0.2) is 5.76 Å². The lowest BCUT2D eigenvalue weighted by Gasteiger charge is -2.04. The van der Waals surface area contributed by atoms with Crippen molar-refractivity contribution in [3.63, 3.8) is 0 Å². The summed E-state index contributed by atoms with van der Waals surface area (Å²) in [5.41, 5.74) is 6.16. The van der Waals surface area contributed by atoms with E-state index >= 15 is 0 Å². The van der Waals surface area contributed by atoms with Crippen LogP contribution in [0.5, 0.6) is 0 Å². The Balaban J connectivity index is 2.08. The second-order valence-electron chi connectivity index (χ2n) is 5.54. The highest BCUT2D eigenvalue weighted by Gasteiger charge is 2.18. The van der Waals surface area contributed by atoms with Crippen LogP contribution < -0.4 is 0 Å². The van der Waals surface area contributed by atoms with Crippen molar-refractivity contribution in [3.05, 3.63) is 65.2 Å². The van der Waals surface area contributed by atoms with Crippen molar-refractivity contribution in [2.75, 3.05) is 6.61 Å². The molecule has 0 spiro atoms. The summed E-state index contributed by atoms with van der Waals surface area (Å²) in [6.45, 7) is 4.18. The predicted molar refractivity (Wildman–Crippen MR) is 87.6 cm³/mol. The van der Waals surface area contributed by atoms with Gasteiger partial charge >= 0.3 is 0 Å². The molecule has 3 nitrogen and oxygen atoms in total. The van der Waals surface area contributed by atoms with E-state index in [1.807, 2.05) is 36.4 Å². The summed E-state index contributed by atoms with van der Waals surface area (Å²) in [7, 11) is 0. The minimum Gasteiger partial charge on any atom is -0.396 e. The molecule has 0 aliphatic carbocycles. The number of aliphatic hydroxyl groups is 1. The third kappa shape index (κ3) is 2.81. The molecule has 3 rings (SSSR count). The maximum Gasteiger partial charge on any atom is 0.170 e. The molecule has 0 amide bonds. The molecule has 0 bridgehead atoms. The minimum absolute atomic E-state index is 0.0684. The highest BCUT2D eigenvalue weighted by Crippen LogP contribution is 2.32. The van der Waals surface area contributed by atoms with E-state index in [0.717, 1.165) is 28.1 Å². The fourth-order valence-electron chi connectivity index (χ4n) is 2.52. The van der Waals surface area contributed by atoms with Crippen LogP contribution >= 0.6 is 0 Å². The van der Waals surface area contributed by atoms with E-state index in [1.54, 1.807) is 0 Å². The number of nitrogens with zero attached hydrogens (tertiary/aromatic N) is 1. The number of rotatable bonds is 4. The van der Waals surface area contributed by atoms with Gasteiger partial charge in [0.05, 0.1) is 0 Å². The second-order valence-corrected chi connectivity index (χ2v) is 5.54. The zero-order chi connectivity index (χ0) is 15.5. The summed E-state index contributed by atoms with van der Waals surface area (Å²) in [5.74, 6) is 0.740. The van der Waals surface area contributed by atoms with Crippen molar-refractivity contribution in [3.8, 4) is 22.6 Å². The Labute approximate surface area is 130 Å². The van der Waals surface area contributed by atoms with Gasteiger partial charge in [-0.2, -0.15) is 0 Å². The molecular weight excluding hydrogens is 274 g/mol. The molecule has 1 heterocycles. The third-order valence-electron chi connectivity index (χ3n) is 3.79. The minimum atomic E-state index is 0.0684. The van der Waals surface area contributed by atoms with Gasteiger partial charge in [0.1, 0.15) is 5.69 Å². The van der Waals surface area contributed by atoms with Crippen LogP contribution in [0.3, 0.4) is 0 Å². The average molecular weight is 293 g/mol. The van der Waals surface area contributed by atoms with Crippen LogP contribution in [0.1, 0.15) is 16.7 Å². The Hall–Kier alpha value is -2.39. The van der Waals surface area contributed by atoms with Crippen LogP contribution in [0.2, 0.25) is 0 Å². The maximum absolute atomic E-state index is 9.40. The lowest BCUT2D eigenvalue weighted by Crippen LogP contribution is -1.94. The molecule has 0 saturated carbocycles. The lowest BCUT2D eigenvalue weighted by atomic mass is 9.99. The van der Waals surface area contributed by atoms with Crippen LogP contribution in [0.15, 0.2) is 53.1 Å². The van der Waals surface area contributed by atoms with Crippen molar-refractivity contribution < 1.29 is 9.63 Å². The molecule has 0 saturated heterocycles. The largest absolute Gasteiger partial charge is 0.396 e. The zero-order valence-electron chi connectivity index (χ0n) is 12.8. The maximum atomic E-state index is 9.40. The van der Waals surface area contributed by atoms with Crippen LogP contribution in [-0.4, -0.2) is 16.9 Å². The van der Waals surface area contributed by atoms with E-state index in [2.05, 4.69) is 31.1 Å². The smallest absolute Gasteiger partial charge is 0.170 e. The molecule has 1 N–H and O–H groups in total. The molecule has 0 aliphatic heterocycles. The summed E-state index contributed by atoms with van der Waals surface area (Å²) >= 11 is 0. The summed E-state index contributed by atoms with van der Waals surface area (Å²) in [4.78, 5) is 0. The highest BCUT2D eigenvalue weighted by molar-refractivity contribution is 5.72. The van der Waals surface area contributed by atoms with Crippen LogP contribution in [0.25, 0.3) is 22.6 Å². The van der Waals surface area contributed by atoms with Crippen molar-refractivity contribution in [2.24, 2.45) is 0 Å². The molecule has 22 heavy (non-hydrogen) atoms. The van der Waals surface area contributed by atoms with E-state index < -0.39 is 0 Å². The first kappa shape index (κ1) is 14.5. The van der Waals surface area contributed by atoms with Gasteiger partial charge in [-0.1, -0.05) is 64.8 Å². The van der Waals surface area contributed by atoms with Gasteiger partial charge in [-0.05, 0) is 13.8 Å². The molecule has 0 radical (unpaired) electrons. The van der Waals surface area contributed by atoms with Gasteiger partial charge in [0.25, 0.3) is 0 Å². The third-order valence-corrected chi connectivity index (χ3v) is 3.79. The van der Waals surface area contributed by atoms with Gasteiger partial charge in [0.2, 0.25) is 0 Å². The number of aromatic nitrogens is 1. The standard InChI is InChI=1S/C19H19NO2/c1-13-3-7-15(8-4-13)18-17(11-12-21)19(22-20-18)16-9-5-14(2)6-10-16/h3-10,21H,11-12H2,1-2H3. The van der Waals surface area contributed by atoms with E-state index in [1.165, 1.54) is 11.1 Å². The van der Waals surface area contributed by atoms with Crippen molar-refractivity contribution in [1.29, 1.82) is 0 Å². The Bertz CT molecular complexity index is 692. The SMILES string of the molecule is Cc1ccc(-c2noc(-c3ccc(C)cc3)c2CCO)cc1. The van der Waals surface area contributed by atoms with Crippen molar-refractivity contribution in [2.45, 2.75) is 20.3 Å². The summed E-state index contributed by atoms with van der Waals surface area (Å²) in [6.07, 6.45) is 0.524. The molecule has 2 aromatic carbocycles. The number of aryl methyl sites for hydroxylation is 2. The molecule has 3 aromatic rings. The van der Waals surface area contributed by atoms with Crippen LogP contribution in [0.4, 0.5) is 0 Å². The van der Waals surface area contributed by atoms with Crippen molar-refractivity contribution >= 4 is 0 Å². The van der Waals surface area contributed by atoms with Gasteiger partial charge in [-0.15, -0.1) is 0 Å². The first-order valence-corrected chi connectivity index (χ1v) is 7.42. The Morgan fingerprint density at radius 3 is 1.95 bits per heavy atom. The fourth-order valence-corrected chi connectivity index (χ4v) is 2.52. The summed E-state index contributed by atoms with van der Waals surface area (Å²) in [5, 5.41) is 13.6. The topological polar surface area (TPSA) is 46.3 Å². The van der Waals surface area contributed by atoms with Gasteiger partial charge < -0.3 is 9.63 Å². The summed E-state index contributed by atoms with van der Waals surface area (Å²) in [6, 6.07) is 16.3. The highest BCUT2D eigenvalue weighted by atomic mass is 16.5. The van der Waals surface area contributed by atoms with E-state index in [-0.39, 0.29) is 6.61 Å². The van der Waals surface area contributed by atoms with E-state index in [9.17, 15) is 5.11 Å². The van der Waals surface area contributed by atoms with Crippen molar-refractivity contribution in [1.82, 2.24) is 5.16 Å². The molecule has 0 aliphatic rings.